The number of benzene rings is 2. The van der Waals surface area contributed by atoms with Crippen molar-refractivity contribution >= 4 is 38.9 Å². The fraction of sp³-hybridized carbons (Fsp3) is 0.278. The van der Waals surface area contributed by atoms with Gasteiger partial charge in [-0.25, -0.2) is 0 Å². The van der Waals surface area contributed by atoms with Crippen molar-refractivity contribution in [2.45, 2.75) is 13.3 Å². The molecule has 2 aromatic rings. The van der Waals surface area contributed by atoms with Crippen LogP contribution in [0.5, 0.6) is 11.5 Å². The summed E-state index contributed by atoms with van der Waals surface area (Å²) in [5.41, 5.74) is 3.17. The van der Waals surface area contributed by atoms with Crippen LogP contribution < -0.4 is 20.1 Å². The van der Waals surface area contributed by atoms with Gasteiger partial charge in [-0.1, -0.05) is 15.9 Å². The van der Waals surface area contributed by atoms with E-state index in [1.165, 1.54) is 0 Å². The van der Waals surface area contributed by atoms with Crippen LogP contribution in [0.25, 0.3) is 0 Å². The van der Waals surface area contributed by atoms with E-state index in [4.69, 9.17) is 21.7 Å². The highest BCUT2D eigenvalue weighted by atomic mass is 79.9. The van der Waals surface area contributed by atoms with Gasteiger partial charge < -0.3 is 20.1 Å². The summed E-state index contributed by atoms with van der Waals surface area (Å²) in [5.74, 6) is 1.71. The molecule has 0 spiro atoms. The van der Waals surface area contributed by atoms with Crippen molar-refractivity contribution in [3.8, 4) is 11.5 Å². The first-order valence-corrected chi connectivity index (χ1v) is 8.75. The Hall–Kier alpha value is -1.79. The summed E-state index contributed by atoms with van der Waals surface area (Å²) in [6.07, 6.45) is 0.812. The molecular formula is C18H21BrN2O2S. The quantitative estimate of drug-likeness (QED) is 0.697. The van der Waals surface area contributed by atoms with Crippen molar-refractivity contribution < 1.29 is 9.47 Å². The van der Waals surface area contributed by atoms with Gasteiger partial charge in [-0.05, 0) is 73.1 Å². The molecule has 0 fully saturated rings. The lowest BCUT2D eigenvalue weighted by Gasteiger charge is -2.14. The number of methoxy groups -OCH3 is 2. The normalized spacial score (nSPS) is 10.2. The Morgan fingerprint density at radius 3 is 2.58 bits per heavy atom. The van der Waals surface area contributed by atoms with E-state index in [2.05, 4.69) is 32.6 Å². The zero-order valence-electron chi connectivity index (χ0n) is 14.0. The smallest absolute Gasteiger partial charge is 0.170 e. The van der Waals surface area contributed by atoms with Gasteiger partial charge in [-0.2, -0.15) is 0 Å². The molecule has 0 radical (unpaired) electrons. The van der Waals surface area contributed by atoms with E-state index in [-0.39, 0.29) is 0 Å². The molecule has 0 aliphatic carbocycles. The summed E-state index contributed by atoms with van der Waals surface area (Å²) in [5, 5.41) is 7.03. The van der Waals surface area contributed by atoms with Crippen LogP contribution in [0.15, 0.2) is 40.9 Å². The zero-order chi connectivity index (χ0) is 17.5. The highest BCUT2D eigenvalue weighted by molar-refractivity contribution is 9.10. The van der Waals surface area contributed by atoms with Crippen LogP contribution in [0.2, 0.25) is 0 Å². The van der Waals surface area contributed by atoms with Crippen molar-refractivity contribution in [3.63, 3.8) is 0 Å². The Balaban J connectivity index is 1.89. The minimum atomic E-state index is 0.595. The fourth-order valence-corrected chi connectivity index (χ4v) is 2.94. The lowest BCUT2D eigenvalue weighted by Crippen LogP contribution is -2.30. The first-order chi connectivity index (χ1) is 11.5. The molecule has 0 aliphatic heterocycles. The fourth-order valence-electron chi connectivity index (χ4n) is 2.32. The van der Waals surface area contributed by atoms with Gasteiger partial charge in [0.25, 0.3) is 0 Å². The van der Waals surface area contributed by atoms with Crippen molar-refractivity contribution in [1.29, 1.82) is 0 Å². The molecule has 128 valence electrons. The van der Waals surface area contributed by atoms with Crippen molar-refractivity contribution in [2.24, 2.45) is 0 Å². The summed E-state index contributed by atoms with van der Waals surface area (Å²) < 4.78 is 11.6. The third kappa shape index (κ3) is 5.11. The molecule has 0 amide bonds. The SMILES string of the molecule is COc1ccc(NC(=S)NCCc2cc(Br)ccc2OC)c(C)c1. The van der Waals surface area contributed by atoms with Gasteiger partial charge in [0.05, 0.1) is 14.2 Å². The van der Waals surface area contributed by atoms with Crippen molar-refractivity contribution in [3.05, 3.63) is 52.0 Å². The molecule has 0 bridgehead atoms. The van der Waals surface area contributed by atoms with E-state index in [1.54, 1.807) is 14.2 Å². The Kier molecular flexibility index (Phi) is 6.87. The number of hydrogen-bond acceptors (Lipinski definition) is 3. The maximum Gasteiger partial charge on any atom is 0.170 e. The Bertz CT molecular complexity index is 722. The van der Waals surface area contributed by atoms with E-state index < -0.39 is 0 Å². The first kappa shape index (κ1) is 18.5. The van der Waals surface area contributed by atoms with Gasteiger partial charge in [0, 0.05) is 16.7 Å². The summed E-state index contributed by atoms with van der Waals surface area (Å²) in [7, 11) is 3.34. The molecular weight excluding hydrogens is 388 g/mol. The molecule has 2 N–H and O–H groups in total. The predicted octanol–water partition coefficient (Wildman–Crippen LogP) is 4.30. The summed E-state index contributed by atoms with van der Waals surface area (Å²) >= 11 is 8.85. The first-order valence-electron chi connectivity index (χ1n) is 7.55. The molecule has 0 atom stereocenters. The Morgan fingerprint density at radius 1 is 1.12 bits per heavy atom. The summed E-state index contributed by atoms with van der Waals surface area (Å²) in [4.78, 5) is 0. The lowest BCUT2D eigenvalue weighted by molar-refractivity contribution is 0.409. The zero-order valence-corrected chi connectivity index (χ0v) is 16.4. The standard InChI is InChI=1S/C18H21BrN2O2S/c1-12-10-15(22-2)5-6-16(12)21-18(24)20-9-8-13-11-14(19)4-7-17(13)23-3/h4-7,10-11H,8-9H2,1-3H3,(H2,20,21,24). The highest BCUT2D eigenvalue weighted by Gasteiger charge is 2.05. The highest BCUT2D eigenvalue weighted by Crippen LogP contribution is 2.23. The van der Waals surface area contributed by atoms with E-state index in [9.17, 15) is 0 Å². The van der Waals surface area contributed by atoms with Crippen LogP contribution in [-0.4, -0.2) is 25.9 Å². The van der Waals surface area contributed by atoms with E-state index in [1.807, 2.05) is 37.3 Å². The van der Waals surface area contributed by atoms with Gasteiger partial charge in [-0.15, -0.1) is 0 Å². The van der Waals surface area contributed by atoms with Crippen LogP contribution in [-0.2, 0) is 6.42 Å². The Morgan fingerprint density at radius 2 is 1.92 bits per heavy atom. The van der Waals surface area contributed by atoms with E-state index in [0.717, 1.165) is 39.2 Å². The predicted molar refractivity (Wildman–Crippen MR) is 106 cm³/mol. The number of thiocarbonyl (C=S) groups is 1. The largest absolute Gasteiger partial charge is 0.497 e. The number of anilines is 1. The second kappa shape index (κ2) is 8.89. The molecule has 2 aromatic carbocycles. The van der Waals surface area contributed by atoms with Gasteiger partial charge in [-0.3, -0.25) is 0 Å². The topological polar surface area (TPSA) is 42.5 Å². The minimum Gasteiger partial charge on any atom is -0.497 e. The third-order valence-electron chi connectivity index (χ3n) is 3.60. The van der Waals surface area contributed by atoms with Gasteiger partial charge in [0.1, 0.15) is 11.5 Å². The van der Waals surface area contributed by atoms with E-state index >= 15 is 0 Å². The second-order valence-electron chi connectivity index (χ2n) is 5.27. The van der Waals surface area contributed by atoms with Crippen LogP contribution >= 0.6 is 28.1 Å². The number of rotatable bonds is 6. The Labute approximate surface area is 156 Å². The van der Waals surface area contributed by atoms with Gasteiger partial charge in [0.2, 0.25) is 0 Å². The average Bonchev–Trinajstić information content (AvgIpc) is 2.57. The lowest BCUT2D eigenvalue weighted by atomic mass is 10.1. The number of halogens is 1. The molecule has 0 aromatic heterocycles. The second-order valence-corrected chi connectivity index (χ2v) is 6.59. The van der Waals surface area contributed by atoms with Crippen LogP contribution in [0.4, 0.5) is 5.69 Å². The number of ether oxygens (including phenoxy) is 2. The number of hydrogen-bond donors (Lipinski definition) is 2. The maximum atomic E-state index is 5.38. The molecule has 6 heteroatoms. The summed E-state index contributed by atoms with van der Waals surface area (Å²) in [6, 6.07) is 11.8. The molecule has 2 rings (SSSR count). The molecule has 0 saturated carbocycles. The third-order valence-corrected chi connectivity index (χ3v) is 4.34. The molecule has 0 heterocycles. The molecule has 4 nitrogen and oxygen atoms in total. The average molecular weight is 409 g/mol. The summed E-state index contributed by atoms with van der Waals surface area (Å²) in [6.45, 7) is 2.73. The monoisotopic (exact) mass is 408 g/mol. The molecule has 0 aliphatic rings. The van der Waals surface area contributed by atoms with Crippen LogP contribution in [0.1, 0.15) is 11.1 Å². The van der Waals surface area contributed by atoms with Gasteiger partial charge >= 0.3 is 0 Å². The molecule has 24 heavy (non-hydrogen) atoms. The van der Waals surface area contributed by atoms with Gasteiger partial charge in [0.15, 0.2) is 5.11 Å². The number of aryl methyl sites for hydroxylation is 1. The van der Waals surface area contributed by atoms with Crippen LogP contribution in [0, 0.1) is 6.92 Å². The maximum absolute atomic E-state index is 5.38. The number of nitrogens with one attached hydrogen (secondary N) is 2. The molecule has 0 saturated heterocycles. The van der Waals surface area contributed by atoms with E-state index in [0.29, 0.717) is 11.7 Å². The van der Waals surface area contributed by atoms with Crippen molar-refractivity contribution in [1.82, 2.24) is 5.32 Å². The molecule has 0 unspecified atom stereocenters. The van der Waals surface area contributed by atoms with Crippen LogP contribution in [0.3, 0.4) is 0 Å². The minimum absolute atomic E-state index is 0.595. The van der Waals surface area contributed by atoms with Crippen molar-refractivity contribution in [2.75, 3.05) is 26.1 Å².